The van der Waals surface area contributed by atoms with Crippen LogP contribution < -0.4 is 10.6 Å². The van der Waals surface area contributed by atoms with Crippen molar-refractivity contribution in [3.8, 4) is 11.4 Å². The second-order valence-corrected chi connectivity index (χ2v) is 6.67. The Morgan fingerprint density at radius 3 is 2.70 bits per heavy atom. The average Bonchev–Trinajstić information content (AvgIpc) is 3.24. The molecule has 0 spiro atoms. The Kier molecular flexibility index (Phi) is 4.80. The van der Waals surface area contributed by atoms with E-state index in [-0.39, 0.29) is 11.8 Å². The van der Waals surface area contributed by atoms with Crippen LogP contribution in [0.25, 0.3) is 16.3 Å². The van der Waals surface area contributed by atoms with Crippen molar-refractivity contribution in [1.82, 2.24) is 19.9 Å². The van der Waals surface area contributed by atoms with Crippen LogP contribution in [0.2, 0.25) is 0 Å². The van der Waals surface area contributed by atoms with Crippen LogP contribution in [0.1, 0.15) is 5.69 Å². The number of benzene rings is 2. The molecule has 27 heavy (non-hydrogen) atoms. The Morgan fingerprint density at radius 1 is 1.11 bits per heavy atom. The van der Waals surface area contributed by atoms with Gasteiger partial charge in [0.25, 0.3) is 0 Å². The first-order chi connectivity index (χ1) is 13.2. The Morgan fingerprint density at radius 2 is 1.89 bits per heavy atom. The lowest BCUT2D eigenvalue weighted by atomic mass is 10.2. The maximum Gasteiger partial charge on any atom is 0.319 e. The first-order valence-corrected chi connectivity index (χ1v) is 9.26. The molecule has 4 aromatic rings. The molecule has 0 saturated carbocycles. The number of urea groups is 1. The van der Waals surface area contributed by atoms with E-state index in [2.05, 4.69) is 20.7 Å². The van der Waals surface area contributed by atoms with Crippen LogP contribution in [-0.4, -0.2) is 27.2 Å². The largest absolute Gasteiger partial charge is 0.337 e. The molecule has 2 amide bonds. The summed E-state index contributed by atoms with van der Waals surface area (Å²) in [6.07, 6.45) is 0.586. The molecule has 0 saturated heterocycles. The van der Waals surface area contributed by atoms with Crippen molar-refractivity contribution in [2.75, 3.05) is 11.9 Å². The summed E-state index contributed by atoms with van der Waals surface area (Å²) >= 11 is 1.44. The van der Waals surface area contributed by atoms with Gasteiger partial charge in [0.05, 0.1) is 11.3 Å². The number of nitrogens with zero attached hydrogens (tertiary/aromatic N) is 3. The number of hydrogen-bond acceptors (Lipinski definition) is 4. The number of carbonyl (C=O) groups is 1. The maximum absolute atomic E-state index is 13.9. The Balaban J connectivity index is 1.41. The Labute approximate surface area is 158 Å². The van der Waals surface area contributed by atoms with Crippen molar-refractivity contribution < 1.29 is 9.18 Å². The highest BCUT2D eigenvalue weighted by atomic mass is 32.1. The van der Waals surface area contributed by atoms with E-state index in [9.17, 15) is 9.18 Å². The second-order valence-electron chi connectivity index (χ2n) is 5.83. The molecule has 2 heterocycles. The summed E-state index contributed by atoms with van der Waals surface area (Å²) in [6, 6.07) is 15.4. The number of nitrogens with one attached hydrogen (secondary N) is 2. The van der Waals surface area contributed by atoms with Gasteiger partial charge in [-0.1, -0.05) is 30.3 Å². The fourth-order valence-corrected chi connectivity index (χ4v) is 3.51. The molecule has 0 radical (unpaired) electrons. The number of thiazole rings is 1. The third-order valence-electron chi connectivity index (χ3n) is 3.96. The van der Waals surface area contributed by atoms with E-state index in [1.54, 1.807) is 22.7 Å². The Bertz CT molecular complexity index is 1080. The molecular weight excluding hydrogens is 365 g/mol. The van der Waals surface area contributed by atoms with Gasteiger partial charge in [-0.2, -0.15) is 4.98 Å². The monoisotopic (exact) mass is 381 g/mol. The number of amides is 2. The summed E-state index contributed by atoms with van der Waals surface area (Å²) in [6.45, 7) is 0.444. The molecule has 2 aromatic carbocycles. The maximum atomic E-state index is 13.9. The number of fused-ring (bicyclic) bond motifs is 1. The third-order valence-corrected chi connectivity index (χ3v) is 4.83. The minimum absolute atomic E-state index is 0.265. The van der Waals surface area contributed by atoms with Crippen LogP contribution in [0.3, 0.4) is 0 Å². The molecule has 136 valence electrons. The molecular formula is C19H16FN5OS. The molecule has 0 bridgehead atoms. The SMILES string of the molecule is O=C(NCCc1csc2nc(-c3ccccc3F)nn12)Nc1ccccc1. The predicted octanol–water partition coefficient (Wildman–Crippen LogP) is 3.96. The van der Waals surface area contributed by atoms with Crippen LogP contribution in [0.4, 0.5) is 14.9 Å². The van der Waals surface area contributed by atoms with E-state index in [4.69, 9.17) is 0 Å². The van der Waals surface area contributed by atoms with Crippen LogP contribution in [0, 0.1) is 5.82 Å². The van der Waals surface area contributed by atoms with Gasteiger partial charge >= 0.3 is 6.03 Å². The summed E-state index contributed by atoms with van der Waals surface area (Å²) < 4.78 is 15.6. The number of rotatable bonds is 5. The van der Waals surface area contributed by atoms with Crippen molar-refractivity contribution in [3.05, 3.63) is 71.5 Å². The van der Waals surface area contributed by atoms with Crippen molar-refractivity contribution in [2.24, 2.45) is 0 Å². The van der Waals surface area contributed by atoms with Crippen molar-refractivity contribution in [1.29, 1.82) is 0 Å². The summed E-state index contributed by atoms with van der Waals surface area (Å²) in [4.78, 5) is 17.0. The molecule has 2 aromatic heterocycles. The summed E-state index contributed by atoms with van der Waals surface area (Å²) in [5, 5.41) is 11.9. The topological polar surface area (TPSA) is 71.3 Å². The lowest BCUT2D eigenvalue weighted by Gasteiger charge is -2.06. The number of aromatic nitrogens is 3. The van der Waals surface area contributed by atoms with E-state index in [1.807, 2.05) is 35.7 Å². The first-order valence-electron chi connectivity index (χ1n) is 8.38. The molecule has 0 fully saturated rings. The number of carbonyl (C=O) groups excluding carboxylic acids is 1. The van der Waals surface area contributed by atoms with Gasteiger partial charge in [-0.15, -0.1) is 16.4 Å². The van der Waals surface area contributed by atoms with Crippen LogP contribution in [0.15, 0.2) is 60.0 Å². The zero-order chi connectivity index (χ0) is 18.6. The summed E-state index contributed by atoms with van der Waals surface area (Å²) in [5.41, 5.74) is 2.02. The van der Waals surface area contributed by atoms with Gasteiger partial charge in [0, 0.05) is 24.0 Å². The van der Waals surface area contributed by atoms with E-state index in [0.29, 0.717) is 29.3 Å². The molecule has 8 heteroatoms. The molecule has 4 rings (SSSR count). The highest BCUT2D eigenvalue weighted by molar-refractivity contribution is 7.15. The standard InChI is InChI=1S/C19H16FN5OS/c20-16-9-5-4-8-15(16)17-23-19-25(24-17)14(12-27-19)10-11-21-18(26)22-13-6-2-1-3-7-13/h1-9,12H,10-11H2,(H2,21,22,26). The summed E-state index contributed by atoms with van der Waals surface area (Å²) in [5.74, 6) is 0.00697. The molecule has 0 unspecified atom stereocenters. The molecule has 6 nitrogen and oxygen atoms in total. The van der Waals surface area contributed by atoms with Gasteiger partial charge in [-0.3, -0.25) is 0 Å². The molecule has 2 N–H and O–H groups in total. The fraction of sp³-hybridized carbons (Fsp3) is 0.105. The third kappa shape index (κ3) is 3.80. The Hall–Kier alpha value is -3.26. The van der Waals surface area contributed by atoms with Crippen molar-refractivity contribution in [3.63, 3.8) is 0 Å². The average molecular weight is 381 g/mol. The zero-order valence-electron chi connectivity index (χ0n) is 14.2. The van der Waals surface area contributed by atoms with Gasteiger partial charge in [-0.05, 0) is 24.3 Å². The van der Waals surface area contributed by atoms with E-state index < -0.39 is 0 Å². The smallest absolute Gasteiger partial charge is 0.319 e. The lowest BCUT2D eigenvalue weighted by Crippen LogP contribution is -2.30. The number of hydrogen-bond donors (Lipinski definition) is 2. The molecule has 0 aliphatic carbocycles. The second kappa shape index (κ2) is 7.55. The van der Waals surface area contributed by atoms with Gasteiger partial charge in [0.15, 0.2) is 5.82 Å². The van der Waals surface area contributed by atoms with Crippen LogP contribution in [-0.2, 0) is 6.42 Å². The van der Waals surface area contributed by atoms with Gasteiger partial charge in [-0.25, -0.2) is 13.7 Å². The highest BCUT2D eigenvalue weighted by Crippen LogP contribution is 2.23. The van der Waals surface area contributed by atoms with Gasteiger partial charge < -0.3 is 10.6 Å². The number of para-hydroxylation sites is 1. The van der Waals surface area contributed by atoms with Gasteiger partial charge in [0.1, 0.15) is 5.82 Å². The fourth-order valence-electron chi connectivity index (χ4n) is 2.65. The normalized spacial score (nSPS) is 10.9. The lowest BCUT2D eigenvalue weighted by molar-refractivity contribution is 0.252. The molecule has 0 atom stereocenters. The zero-order valence-corrected chi connectivity index (χ0v) is 15.0. The number of anilines is 1. The van der Waals surface area contributed by atoms with Crippen molar-refractivity contribution >= 4 is 28.0 Å². The number of halogens is 1. The summed E-state index contributed by atoms with van der Waals surface area (Å²) in [7, 11) is 0. The van der Waals surface area contributed by atoms with Crippen LogP contribution >= 0.6 is 11.3 Å². The molecule has 0 aliphatic heterocycles. The minimum Gasteiger partial charge on any atom is -0.337 e. The van der Waals surface area contributed by atoms with E-state index >= 15 is 0 Å². The van der Waals surface area contributed by atoms with Crippen molar-refractivity contribution in [2.45, 2.75) is 6.42 Å². The van der Waals surface area contributed by atoms with Gasteiger partial charge in [0.2, 0.25) is 4.96 Å². The van der Waals surface area contributed by atoms with Crippen LogP contribution in [0.5, 0.6) is 0 Å². The van der Waals surface area contributed by atoms with E-state index in [0.717, 1.165) is 11.4 Å². The van der Waals surface area contributed by atoms with E-state index in [1.165, 1.54) is 17.4 Å². The highest BCUT2D eigenvalue weighted by Gasteiger charge is 2.14. The predicted molar refractivity (Wildman–Crippen MR) is 103 cm³/mol. The molecule has 0 aliphatic rings. The quantitative estimate of drug-likeness (QED) is 0.550. The minimum atomic E-state index is -0.350. The first kappa shape index (κ1) is 17.2.